The van der Waals surface area contributed by atoms with Crippen molar-refractivity contribution in [2.45, 2.75) is 76.0 Å². The van der Waals surface area contributed by atoms with Crippen molar-refractivity contribution in [1.82, 2.24) is 0 Å². The van der Waals surface area contributed by atoms with Gasteiger partial charge in [-0.15, -0.1) is 0 Å². The molecule has 0 radical (unpaired) electrons. The molecule has 0 N–H and O–H groups in total. The maximum Gasteiger partial charge on any atom is 0.264 e. The molecule has 1 fully saturated rings. The topological polar surface area (TPSA) is 43.4 Å². The summed E-state index contributed by atoms with van der Waals surface area (Å²) in [5.41, 5.74) is 0.584. The van der Waals surface area contributed by atoms with Crippen LogP contribution in [-0.4, -0.2) is 30.3 Å². The van der Waals surface area contributed by atoms with Gasteiger partial charge in [0.1, 0.15) is 0 Å². The van der Waals surface area contributed by atoms with Gasteiger partial charge in [0, 0.05) is 9.52 Å². The van der Waals surface area contributed by atoms with E-state index in [0.717, 1.165) is 12.7 Å². The van der Waals surface area contributed by atoms with Gasteiger partial charge in [-0.05, 0) is 17.0 Å². The quantitative estimate of drug-likeness (QED) is 0.373. The van der Waals surface area contributed by atoms with Crippen molar-refractivity contribution in [3.8, 4) is 0 Å². The predicted molar refractivity (Wildman–Crippen MR) is 79.4 cm³/mol. The van der Waals surface area contributed by atoms with Gasteiger partial charge in [0.25, 0.3) is 10.1 Å². The molecule has 0 amide bonds. The van der Waals surface area contributed by atoms with Crippen molar-refractivity contribution in [1.29, 1.82) is 0 Å². The first kappa shape index (κ1) is 16.2. The van der Waals surface area contributed by atoms with Gasteiger partial charge in [-0.2, -0.15) is 8.42 Å². The summed E-state index contributed by atoms with van der Waals surface area (Å²) in [4.78, 5) is 0. The second-order valence-corrected chi connectivity index (χ2v) is 11.5. The van der Waals surface area contributed by atoms with Crippen LogP contribution in [0.3, 0.4) is 0 Å². The van der Waals surface area contributed by atoms with Crippen molar-refractivity contribution in [2.24, 2.45) is 0 Å². The van der Waals surface area contributed by atoms with Crippen LogP contribution in [0.1, 0.15) is 59.3 Å². The van der Waals surface area contributed by atoms with Crippen LogP contribution >= 0.6 is 0 Å². The molecule has 0 aromatic carbocycles. The Morgan fingerprint density at radius 3 is 2.50 bits per heavy atom. The normalized spacial score (nSPS) is 24.9. The van der Waals surface area contributed by atoms with Crippen molar-refractivity contribution in [3.05, 3.63) is 0 Å². The fraction of sp³-hybridized carbons (Fsp3) is 1.00. The zero-order valence-corrected chi connectivity index (χ0v) is 14.5. The van der Waals surface area contributed by atoms with E-state index in [9.17, 15) is 8.42 Å². The molecule has 0 saturated heterocycles. The van der Waals surface area contributed by atoms with Gasteiger partial charge in [-0.3, -0.25) is 4.18 Å². The summed E-state index contributed by atoms with van der Waals surface area (Å²) < 4.78 is 27.1. The molecule has 108 valence electrons. The first-order valence-electron chi connectivity index (χ1n) is 7.12. The van der Waals surface area contributed by atoms with Crippen LogP contribution in [-0.2, 0) is 14.3 Å². The minimum absolute atomic E-state index is 0.0154. The summed E-state index contributed by atoms with van der Waals surface area (Å²) in [6.07, 6.45) is 8.70. The van der Waals surface area contributed by atoms with Gasteiger partial charge in [-0.25, -0.2) is 0 Å². The minimum Gasteiger partial charge on any atom is -0.267 e. The van der Waals surface area contributed by atoms with E-state index in [0.29, 0.717) is 10.6 Å². The van der Waals surface area contributed by atoms with Crippen LogP contribution in [0.5, 0.6) is 0 Å². The summed E-state index contributed by atoms with van der Waals surface area (Å²) in [7, 11) is -3.51. The van der Waals surface area contributed by atoms with Crippen molar-refractivity contribution < 1.29 is 12.6 Å². The molecule has 0 aliphatic heterocycles. The van der Waals surface area contributed by atoms with Gasteiger partial charge < -0.3 is 0 Å². The Morgan fingerprint density at radius 1 is 1.28 bits per heavy atom. The molecule has 1 aliphatic rings. The number of hydrogen-bond donors (Lipinski definition) is 0. The van der Waals surface area contributed by atoms with Crippen molar-refractivity contribution >= 4 is 19.6 Å². The molecule has 0 spiro atoms. The summed E-state index contributed by atoms with van der Waals surface area (Å²) in [5.74, 6) is 0. The Labute approximate surface area is 115 Å². The Balaban J connectivity index is 2.22. The Bertz CT molecular complexity index is 351. The van der Waals surface area contributed by atoms with Crippen LogP contribution in [0.15, 0.2) is 0 Å². The standard InChI is InChI=1S/C13H28O3SSi/c1-5-6-7-8-9-13(2,3)18-12-10-11(12)16-17(4,14)15/h11-12H,5-10,18H2,1-4H3. The molecule has 18 heavy (non-hydrogen) atoms. The molecule has 0 aromatic heterocycles. The molecule has 1 rings (SSSR count). The lowest BCUT2D eigenvalue weighted by Gasteiger charge is -2.24. The SMILES string of the molecule is CCCCCCC(C)(C)[SiH2]C1CC1OS(C)(=O)=O. The third kappa shape index (κ3) is 6.90. The lowest BCUT2D eigenvalue weighted by atomic mass is 10.0. The van der Waals surface area contributed by atoms with Crippen molar-refractivity contribution in [3.63, 3.8) is 0 Å². The average molecular weight is 293 g/mol. The summed E-state index contributed by atoms with van der Waals surface area (Å²) in [5, 5.41) is 0.452. The highest BCUT2D eigenvalue weighted by Crippen LogP contribution is 2.47. The maximum absolute atomic E-state index is 11.0. The highest BCUT2D eigenvalue weighted by molar-refractivity contribution is 7.86. The molecule has 2 unspecified atom stereocenters. The van der Waals surface area contributed by atoms with E-state index in [4.69, 9.17) is 4.18 Å². The molecule has 0 heterocycles. The summed E-state index contributed by atoms with van der Waals surface area (Å²) in [6.45, 7) is 6.93. The Kier molecular flexibility index (Phi) is 5.87. The van der Waals surface area contributed by atoms with E-state index in [2.05, 4.69) is 20.8 Å². The number of rotatable bonds is 9. The second kappa shape index (κ2) is 6.53. The van der Waals surface area contributed by atoms with Gasteiger partial charge in [-0.1, -0.05) is 52.9 Å². The van der Waals surface area contributed by atoms with E-state index in [1.807, 2.05) is 0 Å². The second-order valence-electron chi connectivity index (χ2n) is 6.51. The third-order valence-electron chi connectivity index (χ3n) is 3.68. The van der Waals surface area contributed by atoms with Crippen LogP contribution in [0.25, 0.3) is 0 Å². The van der Waals surface area contributed by atoms with Gasteiger partial charge in [0.15, 0.2) is 0 Å². The lowest BCUT2D eigenvalue weighted by molar-refractivity contribution is 0.308. The van der Waals surface area contributed by atoms with E-state index >= 15 is 0 Å². The predicted octanol–water partition coefficient (Wildman–Crippen LogP) is 2.86. The molecule has 2 atom stereocenters. The summed E-state index contributed by atoms with van der Waals surface area (Å²) >= 11 is 0. The molecule has 1 saturated carbocycles. The number of hydrogen-bond acceptors (Lipinski definition) is 3. The van der Waals surface area contributed by atoms with Crippen LogP contribution in [0.2, 0.25) is 10.6 Å². The fourth-order valence-corrected chi connectivity index (χ4v) is 6.17. The van der Waals surface area contributed by atoms with Crippen LogP contribution in [0, 0.1) is 0 Å². The van der Waals surface area contributed by atoms with Crippen molar-refractivity contribution in [2.75, 3.05) is 6.26 Å². The van der Waals surface area contributed by atoms with E-state index < -0.39 is 10.1 Å². The highest BCUT2D eigenvalue weighted by atomic mass is 32.2. The highest BCUT2D eigenvalue weighted by Gasteiger charge is 2.43. The van der Waals surface area contributed by atoms with Gasteiger partial charge in [0.2, 0.25) is 0 Å². The van der Waals surface area contributed by atoms with Crippen LogP contribution < -0.4 is 0 Å². The van der Waals surface area contributed by atoms with E-state index in [1.165, 1.54) is 32.1 Å². The first-order chi connectivity index (χ1) is 8.23. The Morgan fingerprint density at radius 2 is 1.94 bits per heavy atom. The van der Waals surface area contributed by atoms with E-state index in [-0.39, 0.29) is 15.6 Å². The fourth-order valence-electron chi connectivity index (χ4n) is 2.62. The minimum atomic E-state index is -3.25. The van der Waals surface area contributed by atoms with Crippen LogP contribution in [0.4, 0.5) is 0 Å². The summed E-state index contributed by atoms with van der Waals surface area (Å²) in [6, 6.07) is 0. The molecular formula is C13H28O3SSi. The zero-order chi connectivity index (χ0) is 13.8. The average Bonchev–Trinajstić information content (AvgIpc) is 2.87. The largest absolute Gasteiger partial charge is 0.267 e. The monoisotopic (exact) mass is 292 g/mol. The smallest absolute Gasteiger partial charge is 0.264 e. The van der Waals surface area contributed by atoms with Gasteiger partial charge >= 0.3 is 0 Å². The molecule has 0 aromatic rings. The zero-order valence-electron chi connectivity index (χ0n) is 12.2. The molecule has 5 heteroatoms. The maximum atomic E-state index is 11.0. The molecular weight excluding hydrogens is 264 g/mol. The molecule has 0 bridgehead atoms. The Hall–Kier alpha value is 0.127. The van der Waals surface area contributed by atoms with Gasteiger partial charge in [0.05, 0.1) is 12.4 Å². The third-order valence-corrected chi connectivity index (χ3v) is 7.12. The first-order valence-corrected chi connectivity index (χ1v) is 10.5. The lowest BCUT2D eigenvalue weighted by Crippen LogP contribution is -2.15. The van der Waals surface area contributed by atoms with E-state index in [1.54, 1.807) is 0 Å². The molecule has 3 nitrogen and oxygen atoms in total. The molecule has 1 aliphatic carbocycles. The number of unbranched alkanes of at least 4 members (excludes halogenated alkanes) is 3.